The maximum atomic E-state index is 8.95. The summed E-state index contributed by atoms with van der Waals surface area (Å²) in [4.78, 5) is 0. The lowest BCUT2D eigenvalue weighted by molar-refractivity contribution is 0.261. The predicted molar refractivity (Wildman–Crippen MR) is 76.3 cm³/mol. The van der Waals surface area contributed by atoms with Crippen molar-refractivity contribution in [2.24, 2.45) is 11.1 Å². The summed E-state index contributed by atoms with van der Waals surface area (Å²) >= 11 is 3.42. The van der Waals surface area contributed by atoms with Crippen LogP contribution >= 0.6 is 15.9 Å². The molecule has 0 aliphatic carbocycles. The minimum absolute atomic E-state index is 0.0722. The second kappa shape index (κ2) is 6.21. The summed E-state index contributed by atoms with van der Waals surface area (Å²) < 4.78 is 6.72. The van der Waals surface area contributed by atoms with Gasteiger partial charge in [0.1, 0.15) is 5.75 Å². The Bertz CT molecular complexity index is 450. The fraction of sp³-hybridized carbons (Fsp3) is 0.500. The smallest absolute Gasteiger partial charge is 0.125 e. The molecule has 0 fully saturated rings. The van der Waals surface area contributed by atoms with E-state index in [1.807, 2.05) is 39.0 Å². The van der Waals surface area contributed by atoms with Gasteiger partial charge in [-0.2, -0.15) is 5.26 Å². The summed E-state index contributed by atoms with van der Waals surface area (Å²) in [5.41, 5.74) is 6.52. The molecule has 0 saturated heterocycles. The van der Waals surface area contributed by atoms with Crippen LogP contribution in [0.4, 0.5) is 0 Å². The number of nitriles is 1. The molecule has 3 nitrogen and oxygen atoms in total. The summed E-state index contributed by atoms with van der Waals surface area (Å²) in [7, 11) is 0. The summed E-state index contributed by atoms with van der Waals surface area (Å²) in [5.74, 6) is 0.785. The Balaban J connectivity index is 2.73. The number of hydrogen-bond donors (Lipinski definition) is 1. The van der Waals surface area contributed by atoms with Crippen molar-refractivity contribution >= 4 is 15.9 Å². The summed E-state index contributed by atoms with van der Waals surface area (Å²) in [6, 6.07) is 8.01. The third-order valence-corrected chi connectivity index (χ3v) is 3.25. The fourth-order valence-corrected chi connectivity index (χ4v) is 1.82. The van der Waals surface area contributed by atoms with Gasteiger partial charge in [-0.1, -0.05) is 22.0 Å². The van der Waals surface area contributed by atoms with E-state index >= 15 is 0 Å². The van der Waals surface area contributed by atoms with Crippen molar-refractivity contribution in [3.05, 3.63) is 28.2 Å². The van der Waals surface area contributed by atoms with Gasteiger partial charge < -0.3 is 10.5 Å². The highest BCUT2D eigenvalue weighted by atomic mass is 79.9. The molecular formula is C14H19BrN2O. The number of hydrogen-bond acceptors (Lipinski definition) is 3. The fourth-order valence-electron chi connectivity index (χ4n) is 1.48. The van der Waals surface area contributed by atoms with Crippen molar-refractivity contribution in [2.45, 2.75) is 33.2 Å². The molecule has 98 valence electrons. The van der Waals surface area contributed by atoms with Crippen LogP contribution in [0, 0.1) is 16.7 Å². The first-order valence-electron chi connectivity index (χ1n) is 5.95. The normalized spacial score (nSPS) is 12.9. The molecule has 0 bridgehead atoms. The molecule has 0 aliphatic heterocycles. The second-order valence-electron chi connectivity index (χ2n) is 5.06. The quantitative estimate of drug-likeness (QED) is 0.900. The Morgan fingerprint density at radius 3 is 2.72 bits per heavy atom. The van der Waals surface area contributed by atoms with Gasteiger partial charge in [-0.25, -0.2) is 0 Å². The predicted octanol–water partition coefficient (Wildman–Crippen LogP) is 3.79. The molecule has 0 spiro atoms. The molecule has 1 rings (SSSR count). The largest absolute Gasteiger partial charge is 0.493 e. The van der Waals surface area contributed by atoms with Gasteiger partial charge in [0.2, 0.25) is 0 Å². The molecule has 18 heavy (non-hydrogen) atoms. The van der Waals surface area contributed by atoms with E-state index < -0.39 is 0 Å². The molecule has 4 heteroatoms. The van der Waals surface area contributed by atoms with Crippen molar-refractivity contribution in [1.29, 1.82) is 5.26 Å². The maximum Gasteiger partial charge on any atom is 0.125 e. The Labute approximate surface area is 117 Å². The van der Waals surface area contributed by atoms with E-state index in [1.54, 1.807) is 0 Å². The molecule has 0 aromatic heterocycles. The summed E-state index contributed by atoms with van der Waals surface area (Å²) in [6.07, 6.45) is 0.689. The van der Waals surface area contributed by atoms with Crippen molar-refractivity contribution in [3.8, 4) is 11.8 Å². The topological polar surface area (TPSA) is 59.0 Å². The van der Waals surface area contributed by atoms with Crippen molar-refractivity contribution < 1.29 is 4.74 Å². The number of nitrogens with two attached hydrogens (primary N) is 1. The van der Waals surface area contributed by atoms with E-state index in [9.17, 15) is 0 Å². The van der Waals surface area contributed by atoms with Crippen LogP contribution in [-0.4, -0.2) is 6.61 Å². The zero-order chi connectivity index (χ0) is 13.8. The number of halogens is 1. The van der Waals surface area contributed by atoms with Crippen LogP contribution in [0.1, 0.15) is 38.8 Å². The number of ether oxygens (including phenoxy) is 1. The molecule has 0 heterocycles. The Morgan fingerprint density at radius 2 is 2.17 bits per heavy atom. The van der Waals surface area contributed by atoms with Crippen LogP contribution in [-0.2, 0) is 0 Å². The maximum absolute atomic E-state index is 8.95. The minimum Gasteiger partial charge on any atom is -0.493 e. The van der Waals surface area contributed by atoms with Crippen LogP contribution in [0.15, 0.2) is 22.7 Å². The second-order valence-corrected chi connectivity index (χ2v) is 5.98. The first-order chi connectivity index (χ1) is 8.35. The zero-order valence-corrected chi connectivity index (χ0v) is 12.6. The summed E-state index contributed by atoms with van der Waals surface area (Å²) in [5, 5.41) is 8.95. The van der Waals surface area contributed by atoms with Crippen molar-refractivity contribution in [2.75, 3.05) is 6.61 Å². The zero-order valence-electron chi connectivity index (χ0n) is 11.0. The Hall–Kier alpha value is -1.05. The lowest BCUT2D eigenvalue weighted by Crippen LogP contribution is -2.14. The summed E-state index contributed by atoms with van der Waals surface area (Å²) in [6.45, 7) is 6.25. The Kier molecular flexibility index (Phi) is 5.18. The molecule has 1 unspecified atom stereocenters. The van der Waals surface area contributed by atoms with E-state index in [0.717, 1.165) is 15.8 Å². The van der Waals surface area contributed by atoms with E-state index in [1.165, 1.54) is 0 Å². The number of benzene rings is 1. The van der Waals surface area contributed by atoms with Crippen LogP contribution in [0.25, 0.3) is 0 Å². The van der Waals surface area contributed by atoms with Crippen LogP contribution in [0.2, 0.25) is 0 Å². The van der Waals surface area contributed by atoms with Gasteiger partial charge in [-0.3, -0.25) is 0 Å². The molecule has 1 aromatic rings. The third-order valence-electron chi connectivity index (χ3n) is 2.75. The Morgan fingerprint density at radius 1 is 1.50 bits per heavy atom. The van der Waals surface area contributed by atoms with E-state index in [-0.39, 0.29) is 11.5 Å². The van der Waals surface area contributed by atoms with Gasteiger partial charge in [-0.15, -0.1) is 0 Å². The average molecular weight is 311 g/mol. The van der Waals surface area contributed by atoms with Gasteiger partial charge in [0.15, 0.2) is 0 Å². The molecule has 0 saturated carbocycles. The standard InChI is InChI=1S/C14H19BrN2O/c1-10(17)12-5-4-11(15)8-13(12)18-7-6-14(2,3)9-16/h4-5,8,10H,6-7,17H2,1-3H3. The number of rotatable bonds is 5. The number of nitrogens with zero attached hydrogens (tertiary/aromatic N) is 1. The average Bonchev–Trinajstić information content (AvgIpc) is 2.28. The minimum atomic E-state index is -0.361. The van der Waals surface area contributed by atoms with Crippen molar-refractivity contribution in [3.63, 3.8) is 0 Å². The van der Waals surface area contributed by atoms with E-state index in [0.29, 0.717) is 13.0 Å². The lowest BCUT2D eigenvalue weighted by atomic mass is 9.92. The van der Waals surface area contributed by atoms with Crippen LogP contribution in [0.5, 0.6) is 5.75 Å². The monoisotopic (exact) mass is 310 g/mol. The SMILES string of the molecule is CC(N)c1ccc(Br)cc1OCCC(C)(C)C#N. The highest BCUT2D eigenvalue weighted by Crippen LogP contribution is 2.28. The van der Waals surface area contributed by atoms with Gasteiger partial charge >= 0.3 is 0 Å². The van der Waals surface area contributed by atoms with Gasteiger partial charge in [0.05, 0.1) is 18.1 Å². The van der Waals surface area contributed by atoms with Crippen LogP contribution in [0.3, 0.4) is 0 Å². The van der Waals surface area contributed by atoms with Crippen molar-refractivity contribution in [1.82, 2.24) is 0 Å². The third kappa shape index (κ3) is 4.32. The van der Waals surface area contributed by atoms with Gasteiger partial charge in [-0.05, 0) is 39.3 Å². The van der Waals surface area contributed by atoms with E-state index in [4.69, 9.17) is 15.7 Å². The molecule has 1 aromatic carbocycles. The molecule has 2 N–H and O–H groups in total. The highest BCUT2D eigenvalue weighted by molar-refractivity contribution is 9.10. The first kappa shape index (κ1) is 15.0. The van der Waals surface area contributed by atoms with Crippen LogP contribution < -0.4 is 10.5 Å². The first-order valence-corrected chi connectivity index (χ1v) is 6.74. The van der Waals surface area contributed by atoms with E-state index in [2.05, 4.69) is 22.0 Å². The lowest BCUT2D eigenvalue weighted by Gasteiger charge is -2.18. The molecular weight excluding hydrogens is 292 g/mol. The molecule has 1 atom stereocenters. The van der Waals surface area contributed by atoms with Gasteiger partial charge in [0.25, 0.3) is 0 Å². The highest BCUT2D eigenvalue weighted by Gasteiger charge is 2.17. The molecule has 0 radical (unpaired) electrons. The van der Waals surface area contributed by atoms with Gasteiger partial charge in [0, 0.05) is 16.1 Å². The molecule has 0 aliphatic rings. The molecule has 0 amide bonds.